The van der Waals surface area contributed by atoms with E-state index in [1.54, 1.807) is 53.6 Å². The van der Waals surface area contributed by atoms with Gasteiger partial charge in [-0.05, 0) is 72.5 Å². The Labute approximate surface area is 306 Å². The summed E-state index contributed by atoms with van der Waals surface area (Å²) in [7, 11) is 6.71. The standard InChI is InChI=1S/C37H49IN2O10/c1-7-39-16-34(17-50-32(43)20-13-19(38)8-9-23(20)40-26(41)12-18(2)31(40)42)11-10-25(47-4)36-22-14-21-24(46-3)15-35(44,27(22)28(21)48-5)37(45,33(36)39)30(49-6)29(34)36/h8-9,13,18,21-22,24-25,27-30,33,44-45H,7,10-12,14-17H2,1-6H3/t18-,21+,22+,24-,25-,27+,28-,29?,30-,33-,34-,35+,36-,37-/m0/s1. The molecule has 7 fully saturated rings. The van der Waals surface area contributed by atoms with E-state index in [9.17, 15) is 24.6 Å². The van der Waals surface area contributed by atoms with Crippen LogP contribution in [-0.4, -0.2) is 123 Å². The minimum absolute atomic E-state index is 0.0324. The molecule has 5 saturated carbocycles. The van der Waals surface area contributed by atoms with E-state index in [1.165, 1.54) is 0 Å². The second-order valence-electron chi connectivity index (χ2n) is 16.1. The lowest BCUT2D eigenvalue weighted by molar-refractivity contribution is -0.320. The molecular weight excluding hydrogens is 759 g/mol. The predicted molar refractivity (Wildman–Crippen MR) is 187 cm³/mol. The van der Waals surface area contributed by atoms with Crippen LogP contribution in [0.1, 0.15) is 56.3 Å². The van der Waals surface area contributed by atoms with E-state index in [1.807, 2.05) is 0 Å². The molecule has 7 aliphatic rings. The van der Waals surface area contributed by atoms with Crippen molar-refractivity contribution in [3.8, 4) is 0 Å². The number of fused-ring (bicyclic) bond motifs is 2. The zero-order chi connectivity index (χ0) is 35.7. The highest BCUT2D eigenvalue weighted by Crippen LogP contribution is 2.80. The van der Waals surface area contributed by atoms with E-state index in [0.717, 1.165) is 14.9 Å². The Bertz CT molecular complexity index is 1610. The molecule has 274 valence electrons. The normalized spacial score (nSPS) is 47.3. The van der Waals surface area contributed by atoms with Crippen LogP contribution >= 0.6 is 22.6 Å². The molecule has 0 aromatic heterocycles. The van der Waals surface area contributed by atoms with Gasteiger partial charge in [0.1, 0.15) is 11.2 Å². The molecule has 1 spiro atoms. The van der Waals surface area contributed by atoms with Gasteiger partial charge in [-0.2, -0.15) is 0 Å². The second kappa shape index (κ2) is 11.9. The number of benzene rings is 1. The maximum Gasteiger partial charge on any atom is 0.340 e. The number of methoxy groups -OCH3 is 4. The number of esters is 1. The molecule has 13 heteroatoms. The molecule has 2 heterocycles. The number of rotatable bonds is 9. The monoisotopic (exact) mass is 808 g/mol. The van der Waals surface area contributed by atoms with Crippen molar-refractivity contribution in [2.45, 2.75) is 87.6 Å². The number of ether oxygens (including phenoxy) is 5. The van der Waals surface area contributed by atoms with Gasteiger partial charge >= 0.3 is 5.97 Å². The van der Waals surface area contributed by atoms with Crippen LogP contribution in [-0.2, 0) is 33.3 Å². The van der Waals surface area contributed by atoms with Crippen LogP contribution < -0.4 is 4.90 Å². The Hall–Kier alpha value is -1.72. The summed E-state index contributed by atoms with van der Waals surface area (Å²) in [6.45, 7) is 4.95. The molecule has 2 N–H and O–H groups in total. The van der Waals surface area contributed by atoms with Crippen LogP contribution in [0.4, 0.5) is 5.69 Å². The Morgan fingerprint density at radius 3 is 2.46 bits per heavy atom. The van der Waals surface area contributed by atoms with E-state index in [4.69, 9.17) is 23.7 Å². The zero-order valence-corrected chi connectivity index (χ0v) is 31.8. The Balaban J connectivity index is 1.24. The van der Waals surface area contributed by atoms with E-state index in [0.29, 0.717) is 25.9 Å². The van der Waals surface area contributed by atoms with Gasteiger partial charge < -0.3 is 33.9 Å². The first-order valence-electron chi connectivity index (χ1n) is 18.0. The summed E-state index contributed by atoms with van der Waals surface area (Å²) in [6.07, 6.45) is 0.792. The fourth-order valence-corrected chi connectivity index (χ4v) is 13.7. The molecule has 2 saturated heterocycles. The lowest BCUT2D eigenvalue weighted by atomic mass is 9.42. The van der Waals surface area contributed by atoms with E-state index in [-0.39, 0.29) is 84.5 Å². The number of likely N-dealkylation sites (N-methyl/N-ethyl adjacent to an activating group) is 1. The number of piperidine rings is 1. The number of anilines is 1. The first-order valence-corrected chi connectivity index (χ1v) is 19.1. The van der Waals surface area contributed by atoms with E-state index in [2.05, 4.69) is 34.4 Å². The summed E-state index contributed by atoms with van der Waals surface area (Å²) in [6, 6.07) is 4.59. The van der Waals surface area contributed by atoms with Gasteiger partial charge in [0.15, 0.2) is 0 Å². The van der Waals surface area contributed by atoms with Crippen LogP contribution in [0.25, 0.3) is 0 Å². The average Bonchev–Trinajstić information content (AvgIpc) is 3.63. The van der Waals surface area contributed by atoms with Gasteiger partial charge in [0.2, 0.25) is 11.8 Å². The highest BCUT2D eigenvalue weighted by Gasteiger charge is 2.91. The Morgan fingerprint density at radius 2 is 1.84 bits per heavy atom. The number of aliphatic hydroxyl groups is 2. The molecule has 14 atom stereocenters. The lowest BCUT2D eigenvalue weighted by Gasteiger charge is -2.70. The van der Waals surface area contributed by atoms with Crippen molar-refractivity contribution in [1.82, 2.24) is 4.90 Å². The topological polar surface area (TPSA) is 144 Å². The van der Waals surface area contributed by atoms with Crippen molar-refractivity contribution >= 4 is 46.1 Å². The molecule has 2 amide bonds. The first kappa shape index (κ1) is 35.3. The van der Waals surface area contributed by atoms with Crippen LogP contribution in [0.2, 0.25) is 0 Å². The fraction of sp³-hybridized carbons (Fsp3) is 0.757. The highest BCUT2D eigenvalue weighted by atomic mass is 127. The number of halogens is 1. The largest absolute Gasteiger partial charge is 0.461 e. The highest BCUT2D eigenvalue weighted by molar-refractivity contribution is 14.1. The molecule has 2 aliphatic heterocycles. The van der Waals surface area contributed by atoms with Gasteiger partial charge in [-0.1, -0.05) is 13.8 Å². The van der Waals surface area contributed by atoms with Crippen molar-refractivity contribution in [2.24, 2.45) is 40.4 Å². The van der Waals surface area contributed by atoms with E-state index >= 15 is 0 Å². The average molecular weight is 809 g/mol. The number of likely N-dealkylation sites (tertiary alicyclic amines) is 1. The van der Waals surface area contributed by atoms with Gasteiger partial charge in [-0.25, -0.2) is 9.69 Å². The third-order valence-corrected chi connectivity index (χ3v) is 15.3. The van der Waals surface area contributed by atoms with Crippen LogP contribution in [0, 0.1) is 44.0 Å². The molecular formula is C37H49IN2O10. The molecule has 8 rings (SSSR count). The number of carbonyl (C=O) groups is 3. The summed E-state index contributed by atoms with van der Waals surface area (Å²) in [5.74, 6) is -2.49. The molecule has 1 aromatic carbocycles. The molecule has 1 unspecified atom stereocenters. The van der Waals surface area contributed by atoms with Gasteiger partial charge in [-0.15, -0.1) is 0 Å². The molecule has 50 heavy (non-hydrogen) atoms. The third-order valence-electron chi connectivity index (χ3n) is 14.6. The minimum Gasteiger partial charge on any atom is -0.461 e. The maximum atomic E-state index is 14.2. The quantitative estimate of drug-likeness (QED) is 0.216. The molecule has 1 aromatic rings. The number of nitrogens with zero attached hydrogens (tertiary/aromatic N) is 2. The van der Waals surface area contributed by atoms with Crippen LogP contribution in [0.3, 0.4) is 0 Å². The van der Waals surface area contributed by atoms with Crippen molar-refractivity contribution in [2.75, 3.05) is 53.0 Å². The third kappa shape index (κ3) is 4.09. The van der Waals surface area contributed by atoms with Crippen molar-refractivity contribution < 1.29 is 48.3 Å². The van der Waals surface area contributed by atoms with Crippen LogP contribution in [0.5, 0.6) is 0 Å². The van der Waals surface area contributed by atoms with Gasteiger partial charge in [0.25, 0.3) is 0 Å². The van der Waals surface area contributed by atoms with Gasteiger partial charge in [-0.3, -0.25) is 14.5 Å². The molecule has 0 radical (unpaired) electrons. The smallest absolute Gasteiger partial charge is 0.340 e. The second-order valence-corrected chi connectivity index (χ2v) is 17.3. The van der Waals surface area contributed by atoms with Crippen LogP contribution in [0.15, 0.2) is 18.2 Å². The summed E-state index contributed by atoms with van der Waals surface area (Å²) >= 11 is 2.11. The fourth-order valence-electron chi connectivity index (χ4n) is 13.2. The number of imide groups is 1. The summed E-state index contributed by atoms with van der Waals surface area (Å²) in [5, 5.41) is 26.6. The Morgan fingerprint density at radius 1 is 1.08 bits per heavy atom. The number of hydrogen-bond donors (Lipinski definition) is 2. The summed E-state index contributed by atoms with van der Waals surface area (Å²) in [5.41, 5.74) is -4.18. The van der Waals surface area contributed by atoms with Crippen molar-refractivity contribution in [1.29, 1.82) is 0 Å². The zero-order valence-electron chi connectivity index (χ0n) is 29.6. The van der Waals surface area contributed by atoms with Gasteiger partial charge in [0.05, 0.1) is 48.3 Å². The summed E-state index contributed by atoms with van der Waals surface area (Å²) < 4.78 is 32.2. The molecule has 7 bridgehead atoms. The Kier molecular flexibility index (Phi) is 8.40. The SMILES string of the molecule is CCN1C[C@]2(COC(=O)c3cc(I)ccc3N3C(=O)C[C@H](C)C3=O)CC[C@H](OC)[C@@]34C2[C@H](OC)[C@](O)([C@@H]13)[C@@]1(O)C[C@H](OC)[C@H]2C[C@@H]4[C@@H]1[C@H]2OC. The first-order chi connectivity index (χ1) is 23.8. The lowest BCUT2D eigenvalue weighted by Crippen LogP contribution is -2.82. The van der Waals surface area contributed by atoms with Gasteiger partial charge in [0, 0.05) is 85.9 Å². The number of amides is 2. The van der Waals surface area contributed by atoms with Crippen molar-refractivity contribution in [3.05, 3.63) is 27.3 Å². The van der Waals surface area contributed by atoms with E-state index < -0.39 is 46.1 Å². The molecule has 12 nitrogen and oxygen atoms in total. The number of carbonyl (C=O) groups excluding carboxylic acids is 3. The minimum atomic E-state index is -1.70. The van der Waals surface area contributed by atoms with Crippen molar-refractivity contribution in [3.63, 3.8) is 0 Å². The number of hydrogen-bond acceptors (Lipinski definition) is 11. The predicted octanol–water partition coefficient (Wildman–Crippen LogP) is 2.64. The molecule has 5 aliphatic carbocycles. The maximum absolute atomic E-state index is 14.2. The summed E-state index contributed by atoms with van der Waals surface area (Å²) in [4.78, 5) is 43.6.